The number of hydrogen-bond acceptors (Lipinski definition) is 5. The Morgan fingerprint density at radius 3 is 2.64 bits per heavy atom. The highest BCUT2D eigenvalue weighted by Gasteiger charge is 2.18. The first-order valence-corrected chi connectivity index (χ1v) is 13.4. The zero-order chi connectivity index (χ0) is 26.3. The third kappa shape index (κ3) is 7.36. The fourth-order valence-corrected chi connectivity index (χ4v) is 4.46. The summed E-state index contributed by atoms with van der Waals surface area (Å²) < 4.78 is 13.6. The second-order valence-corrected chi connectivity index (χ2v) is 8.43. The molecule has 1 saturated heterocycles. The molecule has 6 heteroatoms. The van der Waals surface area contributed by atoms with E-state index in [9.17, 15) is 5.26 Å². The molecule has 0 aliphatic carbocycles. The largest absolute Gasteiger partial charge is 0.489 e. The van der Waals surface area contributed by atoms with Crippen LogP contribution in [0, 0.1) is 11.3 Å². The number of nitrogens with zero attached hydrogens (tertiary/aromatic N) is 3. The van der Waals surface area contributed by atoms with Crippen LogP contribution in [-0.4, -0.2) is 28.3 Å². The van der Waals surface area contributed by atoms with Gasteiger partial charge in [-0.3, -0.25) is 3.97 Å². The van der Waals surface area contributed by atoms with Crippen molar-refractivity contribution in [2.24, 2.45) is 0 Å². The highest BCUT2D eigenvalue weighted by Crippen LogP contribution is 2.36. The lowest BCUT2D eigenvalue weighted by Crippen LogP contribution is -2.26. The lowest BCUT2D eigenvalue weighted by Gasteiger charge is -2.23. The van der Waals surface area contributed by atoms with Crippen LogP contribution in [0.1, 0.15) is 53.0 Å². The first-order valence-electron chi connectivity index (χ1n) is 12.6. The number of fused-ring (bicyclic) bond motifs is 1. The number of pyridine rings is 1. The quantitative estimate of drug-likeness (QED) is 0.303. The van der Waals surface area contributed by atoms with E-state index in [0.717, 1.165) is 39.9 Å². The van der Waals surface area contributed by atoms with Crippen LogP contribution in [0.5, 0.6) is 5.75 Å². The van der Waals surface area contributed by atoms with Gasteiger partial charge in [-0.15, -0.1) is 0 Å². The molecule has 3 heterocycles. The van der Waals surface area contributed by atoms with Gasteiger partial charge in [0.25, 0.3) is 0 Å². The summed E-state index contributed by atoms with van der Waals surface area (Å²) in [6.45, 7) is 15.3. The van der Waals surface area contributed by atoms with Crippen molar-refractivity contribution in [1.82, 2.24) is 8.96 Å². The normalized spacial score (nSPS) is 13.8. The summed E-state index contributed by atoms with van der Waals surface area (Å²) in [7, 11) is 0. The molecule has 0 bridgehead atoms. The summed E-state index contributed by atoms with van der Waals surface area (Å²) in [5.74, 6) is 0.627. The number of benzene rings is 1. The van der Waals surface area contributed by atoms with Crippen molar-refractivity contribution < 1.29 is 9.47 Å². The van der Waals surface area contributed by atoms with Crippen LogP contribution in [-0.2, 0) is 4.74 Å². The highest BCUT2D eigenvalue weighted by molar-refractivity contribution is 8.02. The Labute approximate surface area is 220 Å². The van der Waals surface area contributed by atoms with E-state index >= 15 is 0 Å². The Morgan fingerprint density at radius 2 is 1.97 bits per heavy atom. The van der Waals surface area contributed by atoms with Crippen molar-refractivity contribution in [3.8, 4) is 22.9 Å². The minimum Gasteiger partial charge on any atom is -0.489 e. The van der Waals surface area contributed by atoms with E-state index < -0.39 is 0 Å². The molecule has 1 aromatic carbocycles. The Morgan fingerprint density at radius 1 is 1.22 bits per heavy atom. The predicted octanol–water partition coefficient (Wildman–Crippen LogP) is 8.33. The van der Waals surface area contributed by atoms with Crippen LogP contribution in [0.4, 0.5) is 0 Å². The molecule has 1 fully saturated rings. The Hall–Kier alpha value is -3.27. The molecular weight excluding hydrogens is 466 g/mol. The third-order valence-electron chi connectivity index (χ3n) is 5.26. The van der Waals surface area contributed by atoms with Gasteiger partial charge in [0.1, 0.15) is 17.9 Å². The second-order valence-electron chi connectivity index (χ2n) is 7.39. The lowest BCUT2D eigenvalue weighted by atomic mass is 10.0. The standard InChI is InChI=1S/C26H25N3O2S.2C2H6/c1-3-5-7-22(4-2)32-29-18-24(23-8-6-13-28-26(23)29)19-9-10-25(20(16-19)17-27)31-21-11-14-30-15-12-21;2*1-2/h3-10,13,16,18,21H,2,11-12,14-15H2,1H3;2*1-2H3/b5-3-,22-7+;;. The van der Waals surface area contributed by atoms with Gasteiger partial charge in [-0.2, -0.15) is 5.26 Å². The maximum atomic E-state index is 9.77. The Balaban J connectivity index is 0.00000109. The van der Waals surface area contributed by atoms with Gasteiger partial charge in [-0.1, -0.05) is 58.6 Å². The van der Waals surface area contributed by atoms with E-state index in [4.69, 9.17) is 9.47 Å². The minimum atomic E-state index is 0.0884. The number of hydrogen-bond donors (Lipinski definition) is 0. The molecule has 36 heavy (non-hydrogen) atoms. The fraction of sp³-hybridized carbons (Fsp3) is 0.333. The van der Waals surface area contributed by atoms with E-state index in [2.05, 4.69) is 29.9 Å². The SMILES string of the molecule is C=C/C(=C\C=C/C)Sn1cc(-c2ccc(OC3CCOCC3)c(C#N)c2)c2cccnc21.CC.CC. The predicted molar refractivity (Wildman–Crippen MR) is 153 cm³/mol. The number of nitriles is 1. The second kappa shape index (κ2) is 15.7. The molecule has 3 aromatic rings. The van der Waals surface area contributed by atoms with Gasteiger partial charge in [0.05, 0.1) is 18.8 Å². The molecule has 5 nitrogen and oxygen atoms in total. The number of aromatic nitrogens is 2. The van der Waals surface area contributed by atoms with Gasteiger partial charge >= 0.3 is 0 Å². The lowest BCUT2D eigenvalue weighted by molar-refractivity contribution is 0.0254. The van der Waals surface area contributed by atoms with Crippen molar-refractivity contribution in [2.45, 2.75) is 53.6 Å². The van der Waals surface area contributed by atoms with Crippen LogP contribution in [0.15, 0.2) is 78.5 Å². The van der Waals surface area contributed by atoms with Crippen LogP contribution in [0.25, 0.3) is 22.2 Å². The molecule has 0 saturated carbocycles. The van der Waals surface area contributed by atoms with E-state index in [0.29, 0.717) is 24.5 Å². The molecule has 4 rings (SSSR count). The van der Waals surface area contributed by atoms with Crippen molar-refractivity contribution in [3.05, 3.63) is 84.1 Å². The summed E-state index contributed by atoms with van der Waals surface area (Å²) >= 11 is 1.55. The Bertz CT molecular complexity index is 1210. The van der Waals surface area contributed by atoms with Gasteiger partial charge in [0.2, 0.25) is 0 Å². The molecule has 0 radical (unpaired) electrons. The molecule has 1 aliphatic heterocycles. The van der Waals surface area contributed by atoms with E-state index in [1.54, 1.807) is 18.1 Å². The van der Waals surface area contributed by atoms with Gasteiger partial charge in [-0.25, -0.2) is 4.98 Å². The maximum absolute atomic E-state index is 9.77. The first kappa shape index (κ1) is 29.0. The first-order chi connectivity index (χ1) is 17.7. The number of rotatable bonds is 7. The number of allylic oxidation sites excluding steroid dienone is 4. The highest BCUT2D eigenvalue weighted by atomic mass is 32.2. The van der Waals surface area contributed by atoms with Crippen molar-refractivity contribution in [3.63, 3.8) is 0 Å². The minimum absolute atomic E-state index is 0.0884. The average Bonchev–Trinajstić information content (AvgIpc) is 3.32. The summed E-state index contributed by atoms with van der Waals surface area (Å²) in [5.41, 5.74) is 3.37. The topological polar surface area (TPSA) is 60.1 Å². The molecule has 0 N–H and O–H groups in total. The zero-order valence-corrected chi connectivity index (χ0v) is 22.8. The molecule has 0 amide bonds. The average molecular weight is 504 g/mol. The van der Waals surface area contributed by atoms with E-state index in [-0.39, 0.29) is 6.10 Å². The van der Waals surface area contributed by atoms with Crippen LogP contribution in [0.2, 0.25) is 0 Å². The summed E-state index contributed by atoms with van der Waals surface area (Å²) in [6, 6.07) is 12.1. The molecule has 190 valence electrons. The fourth-order valence-electron chi connectivity index (χ4n) is 3.63. The van der Waals surface area contributed by atoms with Crippen molar-refractivity contribution >= 4 is 23.0 Å². The van der Waals surface area contributed by atoms with Gasteiger partial charge in [0, 0.05) is 41.1 Å². The smallest absolute Gasteiger partial charge is 0.150 e. The van der Waals surface area contributed by atoms with Gasteiger partial charge in [-0.05, 0) is 54.8 Å². The van der Waals surface area contributed by atoms with E-state index in [1.165, 1.54) is 0 Å². The van der Waals surface area contributed by atoms with Crippen LogP contribution < -0.4 is 4.74 Å². The summed E-state index contributed by atoms with van der Waals surface area (Å²) in [4.78, 5) is 5.60. The molecule has 2 aromatic heterocycles. The van der Waals surface area contributed by atoms with Gasteiger partial charge in [0.15, 0.2) is 5.65 Å². The molecule has 0 spiro atoms. The molecule has 0 unspecified atom stereocenters. The van der Waals surface area contributed by atoms with Crippen LogP contribution >= 0.6 is 11.9 Å². The monoisotopic (exact) mass is 503 g/mol. The van der Waals surface area contributed by atoms with E-state index in [1.807, 2.05) is 87.2 Å². The maximum Gasteiger partial charge on any atom is 0.150 e. The molecular formula is C30H37N3O2S. The number of ether oxygens (including phenoxy) is 2. The van der Waals surface area contributed by atoms with Gasteiger partial charge < -0.3 is 9.47 Å². The zero-order valence-electron chi connectivity index (χ0n) is 22.0. The molecule has 1 aliphatic rings. The van der Waals surface area contributed by atoms with Crippen LogP contribution in [0.3, 0.4) is 0 Å². The third-order valence-corrected chi connectivity index (χ3v) is 6.25. The molecule has 0 atom stereocenters. The Kier molecular flexibility index (Phi) is 12.6. The summed E-state index contributed by atoms with van der Waals surface area (Å²) in [6.07, 6.45) is 13.4. The van der Waals surface area contributed by atoms with Crippen molar-refractivity contribution in [2.75, 3.05) is 13.2 Å². The van der Waals surface area contributed by atoms with Crippen molar-refractivity contribution in [1.29, 1.82) is 5.26 Å². The summed E-state index contributed by atoms with van der Waals surface area (Å²) in [5, 5.41) is 10.8.